The highest BCUT2D eigenvalue weighted by atomic mass is 35.5. The minimum atomic E-state index is -3.92. The molecule has 11 heteroatoms. The lowest BCUT2D eigenvalue weighted by Crippen LogP contribution is -2.24. The van der Waals surface area contributed by atoms with Crippen molar-refractivity contribution >= 4 is 38.7 Å². The Labute approximate surface area is 136 Å². The lowest BCUT2D eigenvalue weighted by Gasteiger charge is -2.07. The van der Waals surface area contributed by atoms with Crippen LogP contribution in [0.5, 0.6) is 0 Å². The number of nitrogens with zero attached hydrogens (tertiary/aromatic N) is 3. The third kappa shape index (κ3) is 3.85. The quantitative estimate of drug-likeness (QED) is 0.636. The van der Waals surface area contributed by atoms with Crippen LogP contribution >= 0.6 is 11.6 Å². The average Bonchev–Trinajstić information content (AvgIpc) is 2.87. The zero-order chi connectivity index (χ0) is 17.2. The van der Waals surface area contributed by atoms with E-state index in [1.807, 2.05) is 0 Å². The Hall–Kier alpha value is -2.46. The first-order valence-corrected chi connectivity index (χ1v) is 8.17. The van der Waals surface area contributed by atoms with Gasteiger partial charge in [-0.05, 0) is 12.1 Å². The molecule has 0 aliphatic heterocycles. The molecule has 1 aromatic carbocycles. The van der Waals surface area contributed by atoms with Gasteiger partial charge >= 0.3 is 0 Å². The number of hydrogen-bond acceptors (Lipinski definition) is 6. The number of imidazole rings is 1. The molecule has 0 saturated carbocycles. The van der Waals surface area contributed by atoms with Crippen molar-refractivity contribution in [3.8, 4) is 0 Å². The summed E-state index contributed by atoms with van der Waals surface area (Å²) in [5.74, 6) is -1.68. The summed E-state index contributed by atoms with van der Waals surface area (Å²) in [5, 5.41) is 12.7. The normalized spacial score (nSPS) is 11.2. The van der Waals surface area contributed by atoms with Gasteiger partial charge in [-0.2, -0.15) is 0 Å². The molecule has 9 nitrogen and oxygen atoms in total. The first-order chi connectivity index (χ1) is 10.7. The van der Waals surface area contributed by atoms with E-state index >= 15 is 0 Å². The molecule has 1 aromatic heterocycles. The summed E-state index contributed by atoms with van der Waals surface area (Å²) in [6.07, 6.45) is 2.74. The minimum Gasteiger partial charge on any atom is -0.325 e. The smallest absolute Gasteiger partial charge is 0.289 e. The van der Waals surface area contributed by atoms with E-state index in [0.29, 0.717) is 0 Å². The molecule has 122 valence electrons. The number of benzene rings is 1. The highest BCUT2D eigenvalue weighted by Gasteiger charge is 2.24. The molecule has 0 aliphatic rings. The Morgan fingerprint density at radius 3 is 2.74 bits per heavy atom. The van der Waals surface area contributed by atoms with Gasteiger partial charge in [0, 0.05) is 31.2 Å². The lowest BCUT2D eigenvalue weighted by atomic mass is 10.3. The van der Waals surface area contributed by atoms with Crippen molar-refractivity contribution in [2.75, 3.05) is 11.1 Å². The third-order valence-corrected chi connectivity index (χ3v) is 4.71. The maximum absolute atomic E-state index is 12.1. The molecule has 1 amide bonds. The van der Waals surface area contributed by atoms with Crippen LogP contribution in [0.4, 0.5) is 11.4 Å². The van der Waals surface area contributed by atoms with Gasteiger partial charge in [-0.3, -0.25) is 14.9 Å². The Morgan fingerprint density at radius 1 is 1.48 bits per heavy atom. The number of carbonyl (C=O) groups is 1. The number of nitro benzene ring substituents is 1. The van der Waals surface area contributed by atoms with E-state index in [9.17, 15) is 23.3 Å². The number of nitro groups is 1. The molecule has 0 bridgehead atoms. The molecule has 1 heterocycles. The molecule has 23 heavy (non-hydrogen) atoms. The van der Waals surface area contributed by atoms with Crippen LogP contribution in [-0.4, -0.2) is 34.6 Å². The van der Waals surface area contributed by atoms with Crippen molar-refractivity contribution in [3.05, 3.63) is 45.7 Å². The second kappa shape index (κ2) is 6.34. The molecule has 0 atom stereocenters. The number of aromatic nitrogens is 2. The number of sulfone groups is 1. The van der Waals surface area contributed by atoms with Gasteiger partial charge in [-0.25, -0.2) is 13.4 Å². The van der Waals surface area contributed by atoms with E-state index in [0.717, 1.165) is 6.07 Å². The number of halogens is 1. The molecule has 0 saturated heterocycles. The SMILES string of the molecule is Cn1ccnc1S(=O)(=O)CC(=O)Nc1ccc(Cl)c([N+](=O)[O-])c1. The molecule has 1 N–H and O–H groups in total. The van der Waals surface area contributed by atoms with E-state index in [1.54, 1.807) is 0 Å². The average molecular weight is 359 g/mol. The van der Waals surface area contributed by atoms with Crippen LogP contribution in [0.25, 0.3) is 0 Å². The summed E-state index contributed by atoms with van der Waals surface area (Å²) < 4.78 is 25.4. The molecule has 0 unspecified atom stereocenters. The van der Waals surface area contributed by atoms with E-state index < -0.39 is 32.1 Å². The molecule has 0 fully saturated rings. The predicted octanol–water partition coefficient (Wildman–Crippen LogP) is 1.39. The molecule has 2 rings (SSSR count). The van der Waals surface area contributed by atoms with Gasteiger partial charge in [0.25, 0.3) is 5.69 Å². The van der Waals surface area contributed by atoms with Gasteiger partial charge in [0.05, 0.1) is 4.92 Å². The van der Waals surface area contributed by atoms with Gasteiger partial charge in [0.2, 0.25) is 20.9 Å². The van der Waals surface area contributed by atoms with Crippen molar-refractivity contribution in [2.24, 2.45) is 7.05 Å². The fraction of sp³-hybridized carbons (Fsp3) is 0.167. The van der Waals surface area contributed by atoms with Gasteiger partial charge in [-0.1, -0.05) is 11.6 Å². The number of carbonyl (C=O) groups excluding carboxylic acids is 1. The number of nitrogens with one attached hydrogen (secondary N) is 1. The molecule has 0 spiro atoms. The van der Waals surface area contributed by atoms with Crippen molar-refractivity contribution in [2.45, 2.75) is 5.16 Å². The summed E-state index contributed by atoms with van der Waals surface area (Å²) in [4.78, 5) is 25.6. The topological polar surface area (TPSA) is 124 Å². The number of hydrogen-bond donors (Lipinski definition) is 1. The Bertz CT molecular complexity index is 877. The van der Waals surface area contributed by atoms with Crippen LogP contribution in [0, 0.1) is 10.1 Å². The zero-order valence-corrected chi connectivity index (χ0v) is 13.3. The van der Waals surface area contributed by atoms with Crippen LogP contribution in [0.15, 0.2) is 35.7 Å². The minimum absolute atomic E-state index is 0.0705. The second-order valence-electron chi connectivity index (χ2n) is 4.55. The largest absolute Gasteiger partial charge is 0.325 e. The fourth-order valence-corrected chi connectivity index (χ4v) is 3.27. The zero-order valence-electron chi connectivity index (χ0n) is 11.8. The Morgan fingerprint density at radius 2 is 2.17 bits per heavy atom. The summed E-state index contributed by atoms with van der Waals surface area (Å²) in [6, 6.07) is 3.62. The maximum atomic E-state index is 12.1. The third-order valence-electron chi connectivity index (χ3n) is 2.80. The summed E-state index contributed by atoms with van der Waals surface area (Å²) >= 11 is 5.66. The molecule has 2 aromatic rings. The first kappa shape index (κ1) is 16.9. The lowest BCUT2D eigenvalue weighted by molar-refractivity contribution is -0.384. The van der Waals surface area contributed by atoms with Crippen molar-refractivity contribution in [1.82, 2.24) is 9.55 Å². The first-order valence-electron chi connectivity index (χ1n) is 6.14. The van der Waals surface area contributed by atoms with E-state index in [-0.39, 0.29) is 15.9 Å². The van der Waals surface area contributed by atoms with Crippen LogP contribution in [0.3, 0.4) is 0 Å². The molecular formula is C12H11ClN4O5S. The van der Waals surface area contributed by atoms with E-state index in [2.05, 4.69) is 10.3 Å². The molecular weight excluding hydrogens is 348 g/mol. The fourth-order valence-electron chi connectivity index (χ4n) is 1.82. The van der Waals surface area contributed by atoms with Gasteiger partial charge in [0.1, 0.15) is 10.8 Å². The van der Waals surface area contributed by atoms with Crippen molar-refractivity contribution in [1.29, 1.82) is 0 Å². The number of amides is 1. The monoisotopic (exact) mass is 358 g/mol. The number of rotatable bonds is 5. The highest BCUT2D eigenvalue weighted by molar-refractivity contribution is 7.92. The summed E-state index contributed by atoms with van der Waals surface area (Å²) in [5.41, 5.74) is -0.322. The highest BCUT2D eigenvalue weighted by Crippen LogP contribution is 2.27. The van der Waals surface area contributed by atoms with Gasteiger partial charge in [-0.15, -0.1) is 0 Å². The van der Waals surface area contributed by atoms with Crippen LogP contribution in [0.2, 0.25) is 5.02 Å². The van der Waals surface area contributed by atoms with E-state index in [4.69, 9.17) is 11.6 Å². The van der Waals surface area contributed by atoms with Crippen LogP contribution in [0.1, 0.15) is 0 Å². The number of anilines is 1. The van der Waals surface area contributed by atoms with E-state index in [1.165, 1.54) is 36.1 Å². The predicted molar refractivity (Wildman–Crippen MR) is 82.0 cm³/mol. The Kier molecular flexibility index (Phi) is 4.66. The van der Waals surface area contributed by atoms with Crippen LogP contribution < -0.4 is 5.32 Å². The Balaban J connectivity index is 2.16. The standard InChI is InChI=1S/C12H11ClN4O5S/c1-16-5-4-14-12(16)23(21,22)7-11(18)15-8-2-3-9(13)10(6-8)17(19)20/h2-6H,7H2,1H3,(H,15,18). The summed E-state index contributed by atoms with van der Waals surface area (Å²) in [7, 11) is -2.44. The number of aryl methyl sites for hydroxylation is 1. The van der Waals surface area contributed by atoms with Crippen LogP contribution in [-0.2, 0) is 21.7 Å². The second-order valence-corrected chi connectivity index (χ2v) is 6.84. The molecule has 0 aliphatic carbocycles. The maximum Gasteiger partial charge on any atom is 0.289 e. The van der Waals surface area contributed by atoms with Gasteiger partial charge in [0.15, 0.2) is 0 Å². The summed E-state index contributed by atoms with van der Waals surface area (Å²) in [6.45, 7) is 0. The van der Waals surface area contributed by atoms with Gasteiger partial charge < -0.3 is 9.88 Å². The van der Waals surface area contributed by atoms with Crippen molar-refractivity contribution < 1.29 is 18.1 Å². The molecule has 0 radical (unpaired) electrons. The van der Waals surface area contributed by atoms with Crippen molar-refractivity contribution in [3.63, 3.8) is 0 Å².